The predicted molar refractivity (Wildman–Crippen MR) is 57.7 cm³/mol. The van der Waals surface area contributed by atoms with Gasteiger partial charge in [-0.1, -0.05) is 11.6 Å². The molecule has 0 fully saturated rings. The van der Waals surface area contributed by atoms with Gasteiger partial charge in [-0.25, -0.2) is 4.98 Å². The zero-order valence-electron chi connectivity index (χ0n) is 7.74. The van der Waals surface area contributed by atoms with Crippen molar-refractivity contribution in [2.45, 2.75) is 6.92 Å². The molecule has 3 nitrogen and oxygen atoms in total. The molecule has 0 bridgehead atoms. The highest BCUT2D eigenvalue weighted by molar-refractivity contribution is 6.32. The average Bonchev–Trinajstić information content (AvgIpc) is 2.52. The summed E-state index contributed by atoms with van der Waals surface area (Å²) in [4.78, 5) is 4.03. The van der Waals surface area contributed by atoms with E-state index in [2.05, 4.69) is 4.98 Å². The Balaban J connectivity index is 2.58. The molecular weight excluding hydrogens is 198 g/mol. The van der Waals surface area contributed by atoms with E-state index in [9.17, 15) is 0 Å². The van der Waals surface area contributed by atoms with Gasteiger partial charge in [-0.15, -0.1) is 0 Å². The van der Waals surface area contributed by atoms with Crippen LogP contribution in [0.5, 0.6) is 0 Å². The average molecular weight is 208 g/mol. The number of halogens is 1. The first kappa shape index (κ1) is 9.09. The van der Waals surface area contributed by atoms with Gasteiger partial charge in [0, 0.05) is 17.6 Å². The van der Waals surface area contributed by atoms with E-state index in [-0.39, 0.29) is 0 Å². The number of imidazole rings is 1. The minimum absolute atomic E-state index is 0.631. The van der Waals surface area contributed by atoms with Crippen LogP contribution >= 0.6 is 11.6 Å². The lowest BCUT2D eigenvalue weighted by molar-refractivity contribution is 1.01. The Hall–Kier alpha value is -1.48. The van der Waals surface area contributed by atoms with Gasteiger partial charge in [-0.2, -0.15) is 0 Å². The Morgan fingerprint density at radius 1 is 1.43 bits per heavy atom. The number of aryl methyl sites for hydroxylation is 1. The monoisotopic (exact) mass is 207 g/mol. The number of nitrogen functional groups attached to an aromatic ring is 1. The second-order valence-electron chi connectivity index (χ2n) is 3.12. The van der Waals surface area contributed by atoms with Crippen LogP contribution in [-0.2, 0) is 0 Å². The fourth-order valence-electron chi connectivity index (χ4n) is 1.33. The SMILES string of the molecule is Cc1cncn1-c1ccc(N)cc1Cl. The summed E-state index contributed by atoms with van der Waals surface area (Å²) in [7, 11) is 0. The van der Waals surface area contributed by atoms with Crippen molar-refractivity contribution in [2.75, 3.05) is 5.73 Å². The van der Waals surface area contributed by atoms with Gasteiger partial charge >= 0.3 is 0 Å². The van der Waals surface area contributed by atoms with Crippen LogP contribution in [-0.4, -0.2) is 9.55 Å². The van der Waals surface area contributed by atoms with Gasteiger partial charge in [0.25, 0.3) is 0 Å². The highest BCUT2D eigenvalue weighted by Gasteiger charge is 2.04. The first-order valence-corrected chi connectivity index (χ1v) is 4.60. The molecule has 0 aliphatic rings. The van der Waals surface area contributed by atoms with E-state index in [1.807, 2.05) is 23.6 Å². The summed E-state index contributed by atoms with van der Waals surface area (Å²) in [6, 6.07) is 5.43. The second-order valence-corrected chi connectivity index (χ2v) is 3.52. The molecule has 2 aromatic rings. The molecule has 0 radical (unpaired) electrons. The van der Waals surface area contributed by atoms with E-state index in [1.165, 1.54) is 0 Å². The Morgan fingerprint density at radius 2 is 2.21 bits per heavy atom. The van der Waals surface area contributed by atoms with Crippen LogP contribution in [0.15, 0.2) is 30.7 Å². The van der Waals surface area contributed by atoms with Crippen molar-refractivity contribution in [1.82, 2.24) is 9.55 Å². The maximum atomic E-state index is 6.06. The molecule has 2 rings (SSSR count). The summed E-state index contributed by atoms with van der Waals surface area (Å²) in [5.74, 6) is 0. The van der Waals surface area contributed by atoms with Crippen LogP contribution in [0.2, 0.25) is 5.02 Å². The second kappa shape index (κ2) is 3.35. The molecule has 1 aromatic heterocycles. The molecule has 0 saturated carbocycles. The maximum absolute atomic E-state index is 6.06. The fraction of sp³-hybridized carbons (Fsp3) is 0.100. The summed E-state index contributed by atoms with van der Waals surface area (Å²) >= 11 is 6.06. The molecule has 4 heteroatoms. The number of nitrogens with two attached hydrogens (primary N) is 1. The lowest BCUT2D eigenvalue weighted by Gasteiger charge is -2.07. The summed E-state index contributed by atoms with van der Waals surface area (Å²) in [6.07, 6.45) is 3.51. The third kappa shape index (κ3) is 1.46. The topological polar surface area (TPSA) is 43.8 Å². The van der Waals surface area contributed by atoms with Crippen molar-refractivity contribution >= 4 is 17.3 Å². The van der Waals surface area contributed by atoms with Crippen molar-refractivity contribution in [3.8, 4) is 5.69 Å². The minimum Gasteiger partial charge on any atom is -0.399 e. The smallest absolute Gasteiger partial charge is 0.0994 e. The van der Waals surface area contributed by atoms with Crippen LogP contribution in [0.4, 0.5) is 5.69 Å². The molecule has 0 aliphatic carbocycles. The third-order valence-corrected chi connectivity index (χ3v) is 2.36. The molecule has 0 saturated heterocycles. The molecular formula is C10H10ClN3. The molecule has 1 heterocycles. The van der Waals surface area contributed by atoms with Crippen molar-refractivity contribution in [3.63, 3.8) is 0 Å². The van der Waals surface area contributed by atoms with E-state index < -0.39 is 0 Å². The zero-order valence-corrected chi connectivity index (χ0v) is 8.49. The molecule has 72 valence electrons. The van der Waals surface area contributed by atoms with Crippen molar-refractivity contribution in [2.24, 2.45) is 0 Å². The molecule has 0 spiro atoms. The standard InChI is InChI=1S/C10H10ClN3/c1-7-5-13-6-14(7)10-3-2-8(12)4-9(10)11/h2-6H,12H2,1H3. The Morgan fingerprint density at radius 3 is 2.79 bits per heavy atom. The van der Waals surface area contributed by atoms with Gasteiger partial charge < -0.3 is 10.3 Å². The normalized spacial score (nSPS) is 10.4. The van der Waals surface area contributed by atoms with Gasteiger partial charge in [-0.05, 0) is 25.1 Å². The maximum Gasteiger partial charge on any atom is 0.0994 e. The molecule has 1 aromatic carbocycles. The van der Waals surface area contributed by atoms with Crippen molar-refractivity contribution in [1.29, 1.82) is 0 Å². The van der Waals surface area contributed by atoms with Gasteiger partial charge in [-0.3, -0.25) is 0 Å². The highest BCUT2D eigenvalue weighted by Crippen LogP contribution is 2.23. The van der Waals surface area contributed by atoms with E-state index in [4.69, 9.17) is 17.3 Å². The summed E-state index contributed by atoms with van der Waals surface area (Å²) in [5, 5.41) is 0.631. The first-order valence-electron chi connectivity index (χ1n) is 4.23. The lowest BCUT2D eigenvalue weighted by atomic mass is 10.3. The summed E-state index contributed by atoms with van der Waals surface area (Å²) < 4.78 is 1.92. The Kier molecular flexibility index (Phi) is 2.17. The van der Waals surface area contributed by atoms with E-state index in [0.717, 1.165) is 11.4 Å². The number of hydrogen-bond acceptors (Lipinski definition) is 2. The van der Waals surface area contributed by atoms with E-state index >= 15 is 0 Å². The zero-order chi connectivity index (χ0) is 10.1. The van der Waals surface area contributed by atoms with Gasteiger partial charge in [0.1, 0.15) is 0 Å². The highest BCUT2D eigenvalue weighted by atomic mass is 35.5. The molecule has 14 heavy (non-hydrogen) atoms. The van der Waals surface area contributed by atoms with Crippen LogP contribution in [0.25, 0.3) is 5.69 Å². The molecule has 0 unspecified atom stereocenters. The van der Waals surface area contributed by atoms with E-state index in [1.54, 1.807) is 18.6 Å². The number of benzene rings is 1. The number of rotatable bonds is 1. The number of hydrogen-bond donors (Lipinski definition) is 1. The largest absolute Gasteiger partial charge is 0.399 e. The third-order valence-electron chi connectivity index (χ3n) is 2.05. The molecule has 0 aliphatic heterocycles. The molecule has 2 N–H and O–H groups in total. The van der Waals surface area contributed by atoms with Crippen LogP contribution < -0.4 is 5.73 Å². The summed E-state index contributed by atoms with van der Waals surface area (Å²) in [6.45, 7) is 1.97. The number of nitrogens with zero attached hydrogens (tertiary/aromatic N) is 2. The van der Waals surface area contributed by atoms with Crippen molar-refractivity contribution < 1.29 is 0 Å². The van der Waals surface area contributed by atoms with Crippen LogP contribution in [0.3, 0.4) is 0 Å². The molecule has 0 atom stereocenters. The lowest BCUT2D eigenvalue weighted by Crippen LogP contribution is -1.96. The molecule has 0 amide bonds. The van der Waals surface area contributed by atoms with Crippen molar-refractivity contribution in [3.05, 3.63) is 41.4 Å². The summed E-state index contributed by atoms with van der Waals surface area (Å²) in [5.41, 5.74) is 8.21. The minimum atomic E-state index is 0.631. The fourth-order valence-corrected chi connectivity index (χ4v) is 1.61. The number of anilines is 1. The quantitative estimate of drug-likeness (QED) is 0.730. The Labute approximate surface area is 87.1 Å². The number of aromatic nitrogens is 2. The van der Waals surface area contributed by atoms with Crippen LogP contribution in [0, 0.1) is 6.92 Å². The van der Waals surface area contributed by atoms with Gasteiger partial charge in [0.2, 0.25) is 0 Å². The van der Waals surface area contributed by atoms with Crippen LogP contribution in [0.1, 0.15) is 5.69 Å². The predicted octanol–water partition coefficient (Wildman–Crippen LogP) is 2.42. The van der Waals surface area contributed by atoms with Gasteiger partial charge in [0.05, 0.1) is 17.0 Å². The Bertz CT molecular complexity index is 462. The van der Waals surface area contributed by atoms with Gasteiger partial charge in [0.15, 0.2) is 0 Å². The first-order chi connectivity index (χ1) is 6.68. The van der Waals surface area contributed by atoms with E-state index in [0.29, 0.717) is 10.7 Å².